The first-order chi connectivity index (χ1) is 15.5. The van der Waals surface area contributed by atoms with Crippen LogP contribution in [0.5, 0.6) is 0 Å². The Hall–Kier alpha value is -2.77. The molecule has 1 saturated heterocycles. The van der Waals surface area contributed by atoms with E-state index in [9.17, 15) is 4.79 Å². The molecule has 0 radical (unpaired) electrons. The van der Waals surface area contributed by atoms with Crippen molar-refractivity contribution in [1.82, 2.24) is 19.5 Å². The highest BCUT2D eigenvalue weighted by Gasteiger charge is 2.26. The Labute approximate surface area is 192 Å². The van der Waals surface area contributed by atoms with Crippen molar-refractivity contribution >= 4 is 33.0 Å². The van der Waals surface area contributed by atoms with E-state index in [-0.39, 0.29) is 5.91 Å². The summed E-state index contributed by atoms with van der Waals surface area (Å²) >= 11 is 1.52. The molecule has 1 atom stereocenters. The van der Waals surface area contributed by atoms with E-state index in [4.69, 9.17) is 10.7 Å². The number of fused-ring (bicyclic) bond motifs is 2. The van der Waals surface area contributed by atoms with Gasteiger partial charge in [-0.3, -0.25) is 9.69 Å². The van der Waals surface area contributed by atoms with E-state index in [0.717, 1.165) is 58.8 Å². The number of hydrogen-bond acceptors (Lipinski definition) is 5. The standard InChI is InChI=1S/C25H29N5OS/c1-16-12-17(2)30-25(28-16)18(14-27-30)15-29-11-7-3-4-8-19(29)13-21-20-9-5-6-10-22(20)32-23(21)24(26)31/h5-6,9-10,12,14,19H,3-4,7-8,11,13,15H2,1-2H3,(H2,26,31)/t19-/m0/s1. The minimum atomic E-state index is -0.320. The maximum Gasteiger partial charge on any atom is 0.259 e. The summed E-state index contributed by atoms with van der Waals surface area (Å²) in [7, 11) is 0. The van der Waals surface area contributed by atoms with Gasteiger partial charge in [-0.1, -0.05) is 31.0 Å². The van der Waals surface area contributed by atoms with Crippen LogP contribution in [0, 0.1) is 13.8 Å². The SMILES string of the molecule is Cc1cc(C)n2ncc(CN3CCCCC[C@H]3Cc3c(C(N)=O)sc4ccccc34)c2n1. The fourth-order valence-electron chi connectivity index (χ4n) is 5.06. The minimum Gasteiger partial charge on any atom is -0.365 e. The lowest BCUT2D eigenvalue weighted by Gasteiger charge is -2.30. The van der Waals surface area contributed by atoms with Gasteiger partial charge < -0.3 is 5.73 Å². The smallest absolute Gasteiger partial charge is 0.259 e. The third-order valence-electron chi connectivity index (χ3n) is 6.59. The predicted molar refractivity (Wildman–Crippen MR) is 129 cm³/mol. The zero-order valence-electron chi connectivity index (χ0n) is 18.7. The lowest BCUT2D eigenvalue weighted by molar-refractivity contribution is 0.100. The molecule has 1 amide bonds. The summed E-state index contributed by atoms with van der Waals surface area (Å²) < 4.78 is 3.07. The molecular weight excluding hydrogens is 418 g/mol. The van der Waals surface area contributed by atoms with Crippen LogP contribution in [0.2, 0.25) is 0 Å². The Balaban J connectivity index is 1.49. The highest BCUT2D eigenvalue weighted by atomic mass is 32.1. The maximum atomic E-state index is 12.2. The van der Waals surface area contributed by atoms with Crippen molar-refractivity contribution in [3.63, 3.8) is 0 Å². The van der Waals surface area contributed by atoms with Gasteiger partial charge >= 0.3 is 0 Å². The van der Waals surface area contributed by atoms with Gasteiger partial charge in [0.1, 0.15) is 0 Å². The molecule has 0 bridgehead atoms. The molecule has 1 aromatic carbocycles. The Morgan fingerprint density at radius 2 is 2.06 bits per heavy atom. The van der Waals surface area contributed by atoms with Crippen LogP contribution in [-0.4, -0.2) is 38.0 Å². The van der Waals surface area contributed by atoms with Gasteiger partial charge in [-0.05, 0) is 62.7 Å². The molecule has 1 fully saturated rings. The molecule has 4 aromatic rings. The Morgan fingerprint density at radius 1 is 1.22 bits per heavy atom. The molecule has 5 rings (SSSR count). The first kappa shape index (κ1) is 21.1. The molecule has 2 N–H and O–H groups in total. The second kappa shape index (κ2) is 8.64. The number of benzene rings is 1. The summed E-state index contributed by atoms with van der Waals surface area (Å²) in [5.41, 5.74) is 11.1. The topological polar surface area (TPSA) is 76.5 Å². The number of aromatic nitrogens is 3. The van der Waals surface area contributed by atoms with E-state index in [1.54, 1.807) is 0 Å². The number of amides is 1. The summed E-state index contributed by atoms with van der Waals surface area (Å²) in [6.45, 7) is 5.96. The lowest BCUT2D eigenvalue weighted by atomic mass is 9.97. The molecule has 3 aromatic heterocycles. The largest absolute Gasteiger partial charge is 0.365 e. The minimum absolute atomic E-state index is 0.320. The van der Waals surface area contributed by atoms with Crippen LogP contribution in [0.1, 0.15) is 57.9 Å². The van der Waals surface area contributed by atoms with Gasteiger partial charge in [0.2, 0.25) is 0 Å². The van der Waals surface area contributed by atoms with E-state index >= 15 is 0 Å². The molecule has 1 aliphatic heterocycles. The average Bonchev–Trinajstić information content (AvgIpc) is 3.25. The number of thiophene rings is 1. The van der Waals surface area contributed by atoms with E-state index in [1.165, 1.54) is 36.0 Å². The van der Waals surface area contributed by atoms with Crippen LogP contribution in [0.15, 0.2) is 36.5 Å². The number of carbonyl (C=O) groups excluding carboxylic acids is 1. The van der Waals surface area contributed by atoms with Gasteiger partial charge in [-0.2, -0.15) is 5.10 Å². The summed E-state index contributed by atoms with van der Waals surface area (Å²) in [5.74, 6) is -0.320. The molecule has 4 heterocycles. The molecule has 7 heteroatoms. The molecule has 0 spiro atoms. The Bertz CT molecular complexity index is 1290. The summed E-state index contributed by atoms with van der Waals surface area (Å²) in [5, 5.41) is 5.76. The number of aryl methyl sites for hydroxylation is 2. The van der Waals surface area contributed by atoms with Crippen LogP contribution >= 0.6 is 11.3 Å². The van der Waals surface area contributed by atoms with Crippen LogP contribution in [0.25, 0.3) is 15.7 Å². The van der Waals surface area contributed by atoms with Crippen molar-refractivity contribution in [1.29, 1.82) is 0 Å². The first-order valence-corrected chi connectivity index (χ1v) is 12.2. The number of nitrogens with two attached hydrogens (primary N) is 1. The summed E-state index contributed by atoms with van der Waals surface area (Å²) in [6.07, 6.45) is 7.56. The van der Waals surface area contributed by atoms with E-state index in [0.29, 0.717) is 10.9 Å². The van der Waals surface area contributed by atoms with Gasteiger partial charge in [0, 0.05) is 34.2 Å². The summed E-state index contributed by atoms with van der Waals surface area (Å²) in [6, 6.07) is 10.7. The monoisotopic (exact) mass is 447 g/mol. The molecule has 166 valence electrons. The van der Waals surface area contributed by atoms with Crippen LogP contribution in [0.3, 0.4) is 0 Å². The van der Waals surface area contributed by atoms with Crippen molar-refractivity contribution < 1.29 is 4.79 Å². The van der Waals surface area contributed by atoms with Crippen molar-refractivity contribution in [2.24, 2.45) is 5.73 Å². The average molecular weight is 448 g/mol. The van der Waals surface area contributed by atoms with E-state index in [1.807, 2.05) is 29.8 Å². The Morgan fingerprint density at radius 3 is 2.91 bits per heavy atom. The molecular formula is C25H29N5OS. The molecule has 0 aliphatic carbocycles. The van der Waals surface area contributed by atoms with Gasteiger partial charge in [-0.15, -0.1) is 11.3 Å². The predicted octanol–water partition coefficient (Wildman–Crippen LogP) is 4.65. The molecule has 0 unspecified atom stereocenters. The molecule has 1 aliphatic rings. The van der Waals surface area contributed by atoms with Crippen LogP contribution < -0.4 is 5.73 Å². The van der Waals surface area contributed by atoms with Gasteiger partial charge in [0.05, 0.1) is 11.1 Å². The number of carbonyl (C=O) groups is 1. The number of nitrogens with zero attached hydrogens (tertiary/aromatic N) is 4. The first-order valence-electron chi connectivity index (χ1n) is 11.4. The fraction of sp³-hybridized carbons (Fsp3) is 0.400. The number of likely N-dealkylation sites (tertiary alicyclic amines) is 1. The third kappa shape index (κ3) is 3.91. The molecule has 6 nitrogen and oxygen atoms in total. The lowest BCUT2D eigenvalue weighted by Crippen LogP contribution is -2.36. The highest BCUT2D eigenvalue weighted by molar-refractivity contribution is 7.21. The van der Waals surface area contributed by atoms with Crippen LogP contribution in [-0.2, 0) is 13.0 Å². The zero-order valence-corrected chi connectivity index (χ0v) is 19.5. The number of rotatable bonds is 5. The molecule has 32 heavy (non-hydrogen) atoms. The van der Waals surface area contributed by atoms with Crippen molar-refractivity contribution in [2.75, 3.05) is 6.54 Å². The molecule has 0 saturated carbocycles. The second-order valence-electron chi connectivity index (χ2n) is 8.89. The number of hydrogen-bond donors (Lipinski definition) is 1. The highest BCUT2D eigenvalue weighted by Crippen LogP contribution is 2.34. The third-order valence-corrected chi connectivity index (χ3v) is 7.81. The quantitative estimate of drug-likeness (QED) is 0.483. The summed E-state index contributed by atoms with van der Waals surface area (Å²) in [4.78, 5) is 20.3. The number of primary amides is 1. The van der Waals surface area contributed by atoms with E-state index < -0.39 is 0 Å². The zero-order chi connectivity index (χ0) is 22.2. The normalized spacial score (nSPS) is 17.8. The van der Waals surface area contributed by atoms with Crippen molar-refractivity contribution in [3.05, 3.63) is 63.9 Å². The maximum absolute atomic E-state index is 12.2. The van der Waals surface area contributed by atoms with Crippen molar-refractivity contribution in [2.45, 2.75) is 58.5 Å². The van der Waals surface area contributed by atoms with Crippen LogP contribution in [0.4, 0.5) is 0 Å². The van der Waals surface area contributed by atoms with Gasteiger partial charge in [0.25, 0.3) is 5.91 Å². The van der Waals surface area contributed by atoms with E-state index in [2.05, 4.69) is 35.1 Å². The second-order valence-corrected chi connectivity index (χ2v) is 9.94. The van der Waals surface area contributed by atoms with Gasteiger partial charge in [0.15, 0.2) is 5.65 Å². The van der Waals surface area contributed by atoms with Gasteiger partial charge in [-0.25, -0.2) is 9.50 Å². The fourth-order valence-corrected chi connectivity index (χ4v) is 6.14. The van der Waals surface area contributed by atoms with Crippen molar-refractivity contribution in [3.8, 4) is 0 Å². The Kier molecular flexibility index (Phi) is 5.69.